The van der Waals surface area contributed by atoms with E-state index in [4.69, 9.17) is 20.0 Å². The zero-order valence-electron chi connectivity index (χ0n) is 23.7. The molecule has 2 heterocycles. The van der Waals surface area contributed by atoms with Crippen molar-refractivity contribution in [3.63, 3.8) is 0 Å². The van der Waals surface area contributed by atoms with Crippen LogP contribution in [0.1, 0.15) is 49.8 Å². The fraction of sp³-hybridized carbons (Fsp3) is 0.556. The summed E-state index contributed by atoms with van der Waals surface area (Å²) in [4.78, 5) is 33.4. The molecule has 1 aliphatic rings. The van der Waals surface area contributed by atoms with E-state index in [9.17, 15) is 9.59 Å². The molecule has 0 spiro atoms. The van der Waals surface area contributed by atoms with E-state index in [1.165, 1.54) is 0 Å². The second kappa shape index (κ2) is 13.5. The number of anilines is 1. The summed E-state index contributed by atoms with van der Waals surface area (Å²) in [5, 5.41) is 2.38. The Morgan fingerprint density at radius 2 is 1.92 bits per heavy atom. The molecule has 0 aliphatic carbocycles. The van der Waals surface area contributed by atoms with Crippen LogP contribution in [-0.2, 0) is 13.5 Å². The van der Waals surface area contributed by atoms with Gasteiger partial charge >= 0.3 is 5.69 Å². The van der Waals surface area contributed by atoms with Gasteiger partial charge < -0.3 is 23.6 Å². The van der Waals surface area contributed by atoms with Gasteiger partial charge in [-0.3, -0.25) is 9.36 Å². The van der Waals surface area contributed by atoms with Gasteiger partial charge in [-0.25, -0.2) is 11.4 Å². The maximum absolute atomic E-state index is 13.3. The van der Waals surface area contributed by atoms with Crippen molar-refractivity contribution in [3.05, 3.63) is 70.1 Å². The summed E-state index contributed by atoms with van der Waals surface area (Å²) in [6, 6.07) is 10.4. The zero-order valence-corrected chi connectivity index (χ0v) is 26.4. The lowest BCUT2D eigenvalue weighted by atomic mass is 10.1. The van der Waals surface area contributed by atoms with Crippen molar-refractivity contribution < 1.29 is 18.3 Å². The highest BCUT2D eigenvalue weighted by atomic mass is 32.2. The van der Waals surface area contributed by atoms with Crippen LogP contribution in [0.15, 0.2) is 47.4 Å². The van der Waals surface area contributed by atoms with Crippen molar-refractivity contribution in [3.8, 4) is 0 Å². The summed E-state index contributed by atoms with van der Waals surface area (Å²) in [7, 11) is -3.49. The third-order valence-electron chi connectivity index (χ3n) is 7.05. The van der Waals surface area contributed by atoms with Gasteiger partial charge in [-0.1, -0.05) is 45.9 Å². The van der Waals surface area contributed by atoms with Gasteiger partial charge in [0, 0.05) is 23.7 Å². The van der Waals surface area contributed by atoms with Gasteiger partial charge in [0.05, 0.1) is 0 Å². The number of aromatic nitrogens is 2. The van der Waals surface area contributed by atoms with Crippen molar-refractivity contribution in [1.29, 1.82) is 0 Å². The standard InChI is InChI=1S/C27H39N4O5PSSi/c1-9-20-22(35-37(6)34-18-16-28-5)23(36-39(7,8)27(2,3)4)25(38-20)31-17-15-21(30-26(31)33)29-24(32)19-13-11-10-12-14-19/h10-15,17,20,22-23,25H,9,16,18H2,1-4,6-8H3,(H,29,30,32,33)/t20-,22-,23-,25-,37?/m1/s1. The Kier molecular flexibility index (Phi) is 10.9. The van der Waals surface area contributed by atoms with Gasteiger partial charge in [-0.2, -0.15) is 4.98 Å². The van der Waals surface area contributed by atoms with Crippen LogP contribution < -0.4 is 11.0 Å². The van der Waals surface area contributed by atoms with Crippen LogP contribution in [0.5, 0.6) is 0 Å². The highest BCUT2D eigenvalue weighted by Crippen LogP contribution is 2.52. The molecule has 39 heavy (non-hydrogen) atoms. The highest BCUT2D eigenvalue weighted by Gasteiger charge is 2.51. The van der Waals surface area contributed by atoms with Crippen molar-refractivity contribution in [1.82, 2.24) is 9.55 Å². The van der Waals surface area contributed by atoms with E-state index in [0.717, 1.165) is 6.42 Å². The lowest BCUT2D eigenvalue weighted by molar-refractivity contribution is 0.0387. The molecule has 1 aromatic heterocycles. The largest absolute Gasteiger partial charge is 0.408 e. The number of carbonyl (C=O) groups is 1. The van der Waals surface area contributed by atoms with Crippen LogP contribution in [0, 0.1) is 6.57 Å². The number of hydrogen-bond acceptors (Lipinski definition) is 7. The summed E-state index contributed by atoms with van der Waals surface area (Å²) in [6.45, 7) is 22.5. The first-order valence-corrected chi connectivity index (χ1v) is 18.5. The Labute approximate surface area is 237 Å². The summed E-state index contributed by atoms with van der Waals surface area (Å²) in [5.74, 6) is -0.135. The van der Waals surface area contributed by atoms with Gasteiger partial charge in [0.2, 0.25) is 6.54 Å². The van der Waals surface area contributed by atoms with Crippen LogP contribution in [0.4, 0.5) is 5.82 Å². The minimum atomic E-state index is -2.26. The molecule has 1 fully saturated rings. The van der Waals surface area contributed by atoms with Crippen LogP contribution in [-0.4, -0.2) is 61.0 Å². The molecule has 1 N–H and O–H groups in total. The molecule has 3 rings (SSSR count). The molecule has 12 heteroatoms. The summed E-state index contributed by atoms with van der Waals surface area (Å²) in [5.41, 5.74) is 0.0166. The van der Waals surface area contributed by atoms with E-state index < -0.39 is 28.5 Å². The van der Waals surface area contributed by atoms with Crippen molar-refractivity contribution in [2.45, 2.75) is 75.1 Å². The second-order valence-electron chi connectivity index (χ2n) is 10.9. The van der Waals surface area contributed by atoms with E-state index in [1.807, 2.05) is 12.7 Å². The Morgan fingerprint density at radius 1 is 1.23 bits per heavy atom. The molecule has 1 unspecified atom stereocenters. The predicted octanol–water partition coefficient (Wildman–Crippen LogP) is 6.17. The molecule has 0 bridgehead atoms. The van der Waals surface area contributed by atoms with Gasteiger partial charge in [0.15, 0.2) is 16.7 Å². The fourth-order valence-electron chi connectivity index (χ4n) is 3.90. The summed E-state index contributed by atoms with van der Waals surface area (Å²) >= 11 is 1.65. The van der Waals surface area contributed by atoms with E-state index in [-0.39, 0.29) is 40.0 Å². The lowest BCUT2D eigenvalue weighted by Gasteiger charge is -2.41. The number of hydrogen-bond donors (Lipinski definition) is 1. The van der Waals surface area contributed by atoms with Crippen LogP contribution in [0.3, 0.4) is 0 Å². The number of carbonyl (C=O) groups excluding carboxylic acids is 1. The molecule has 0 radical (unpaired) electrons. The molecule has 1 amide bonds. The molecule has 1 aliphatic heterocycles. The second-order valence-corrected chi connectivity index (χ2v) is 18.3. The van der Waals surface area contributed by atoms with Gasteiger partial charge in [-0.15, -0.1) is 11.8 Å². The Bertz CT molecular complexity index is 1220. The maximum atomic E-state index is 13.3. The molecule has 2 aromatic rings. The van der Waals surface area contributed by atoms with E-state index >= 15 is 0 Å². The zero-order chi connectivity index (χ0) is 28.8. The first kappa shape index (κ1) is 31.5. The van der Waals surface area contributed by atoms with Gasteiger partial charge in [0.25, 0.3) is 5.91 Å². The number of benzene rings is 1. The molecule has 1 saturated heterocycles. The average Bonchev–Trinajstić information content (AvgIpc) is 3.20. The van der Waals surface area contributed by atoms with Crippen molar-refractivity contribution in [2.75, 3.05) is 25.1 Å². The minimum Gasteiger partial charge on any atom is -0.408 e. The number of amides is 1. The molecule has 212 valence electrons. The molecule has 0 saturated carbocycles. The molecular formula is C27H39N4O5PSSi. The smallest absolute Gasteiger partial charge is 0.350 e. The van der Waals surface area contributed by atoms with Crippen LogP contribution in [0.2, 0.25) is 18.1 Å². The molecule has 9 nitrogen and oxygen atoms in total. The average molecular weight is 591 g/mol. The molecule has 5 atom stereocenters. The van der Waals surface area contributed by atoms with E-state index in [0.29, 0.717) is 12.2 Å². The van der Waals surface area contributed by atoms with Crippen molar-refractivity contribution >= 4 is 40.2 Å². The number of thioether (sulfide) groups is 1. The Hall–Kier alpha value is -2.06. The SMILES string of the molecule is [C-]#[N+]CCOP(C)O[C@H]1[C@@H](O[Si](C)(C)C(C)(C)C)[C@H](n2ccc(NC(=O)c3ccccc3)nc2=O)S[C@@H]1CC. The Morgan fingerprint density at radius 3 is 2.51 bits per heavy atom. The predicted molar refractivity (Wildman–Crippen MR) is 161 cm³/mol. The molecular weight excluding hydrogens is 551 g/mol. The van der Waals surface area contributed by atoms with Gasteiger partial charge in [0.1, 0.15) is 30.0 Å². The minimum absolute atomic E-state index is 0.0467. The Balaban J connectivity index is 1.90. The van der Waals surface area contributed by atoms with Crippen LogP contribution in [0.25, 0.3) is 4.85 Å². The van der Waals surface area contributed by atoms with Crippen molar-refractivity contribution in [2.24, 2.45) is 0 Å². The monoisotopic (exact) mass is 590 g/mol. The third-order valence-corrected chi connectivity index (χ3v) is 14.3. The lowest BCUT2D eigenvalue weighted by Crippen LogP contribution is -2.49. The van der Waals surface area contributed by atoms with E-state index in [1.54, 1.807) is 52.9 Å². The topological polar surface area (TPSA) is 96.0 Å². The quantitative estimate of drug-likeness (QED) is 0.145. The van der Waals surface area contributed by atoms with E-state index in [2.05, 4.69) is 55.9 Å². The first-order chi connectivity index (χ1) is 18.4. The number of nitrogens with one attached hydrogen (secondary N) is 1. The highest BCUT2D eigenvalue weighted by molar-refractivity contribution is 8.00. The fourth-order valence-corrected chi connectivity index (χ4v) is 7.96. The normalized spacial score (nSPS) is 22.3. The third kappa shape index (κ3) is 8.00. The number of nitrogens with zero attached hydrogens (tertiary/aromatic N) is 3. The first-order valence-electron chi connectivity index (χ1n) is 13.0. The van der Waals surface area contributed by atoms with Crippen LogP contribution >= 0.6 is 20.1 Å². The maximum Gasteiger partial charge on any atom is 0.350 e. The summed E-state index contributed by atoms with van der Waals surface area (Å²) in [6.07, 6.45) is 1.79. The van der Waals surface area contributed by atoms with Gasteiger partial charge in [-0.05, 0) is 42.8 Å². The molecule has 1 aromatic carbocycles. The summed E-state index contributed by atoms with van der Waals surface area (Å²) < 4.78 is 20.8. The number of rotatable bonds is 11.